The van der Waals surface area contributed by atoms with E-state index < -0.39 is 11.9 Å². The van der Waals surface area contributed by atoms with Crippen LogP contribution in [0.2, 0.25) is 0 Å². The summed E-state index contributed by atoms with van der Waals surface area (Å²) in [6, 6.07) is 6.56. The molecule has 0 fully saturated rings. The fraction of sp³-hybridized carbons (Fsp3) is 0.100. The molecule has 4 heteroatoms. The Hall–Kier alpha value is -1.81. The van der Waals surface area contributed by atoms with Gasteiger partial charge in [0, 0.05) is 10.9 Å². The summed E-state index contributed by atoms with van der Waals surface area (Å²) < 4.78 is 5.23. The summed E-state index contributed by atoms with van der Waals surface area (Å²) in [7, 11) is 0. The van der Waals surface area contributed by atoms with Gasteiger partial charge in [0.15, 0.2) is 0 Å². The molecule has 4 nitrogen and oxygen atoms in total. The van der Waals surface area contributed by atoms with Gasteiger partial charge in [0.25, 0.3) is 0 Å². The molecule has 0 saturated carbocycles. The van der Waals surface area contributed by atoms with E-state index in [-0.39, 0.29) is 0 Å². The fourth-order valence-corrected chi connectivity index (χ4v) is 1.39. The van der Waals surface area contributed by atoms with Crippen LogP contribution in [-0.4, -0.2) is 5.91 Å². The molecule has 1 unspecified atom stereocenters. The molecule has 1 atom stereocenters. The van der Waals surface area contributed by atoms with Crippen molar-refractivity contribution in [2.75, 3.05) is 0 Å². The number of carbonyl (C=O) groups excluding carboxylic acids is 1. The molecule has 0 saturated heterocycles. The molecule has 0 aliphatic heterocycles. The van der Waals surface area contributed by atoms with Gasteiger partial charge >= 0.3 is 0 Å². The van der Waals surface area contributed by atoms with E-state index in [2.05, 4.69) is 0 Å². The first-order valence-electron chi connectivity index (χ1n) is 4.21. The Balaban J connectivity index is 2.58. The Morgan fingerprint density at radius 3 is 2.79 bits per heavy atom. The highest BCUT2D eigenvalue weighted by molar-refractivity contribution is 5.89. The molecule has 0 bridgehead atoms. The second-order valence-corrected chi connectivity index (χ2v) is 3.07. The molecular formula is C10H10N2O2. The maximum atomic E-state index is 10.9. The molecule has 72 valence electrons. The van der Waals surface area contributed by atoms with Crippen LogP contribution in [0.1, 0.15) is 11.6 Å². The van der Waals surface area contributed by atoms with Crippen molar-refractivity contribution < 1.29 is 9.21 Å². The first-order valence-corrected chi connectivity index (χ1v) is 4.21. The fourth-order valence-electron chi connectivity index (χ4n) is 1.39. The molecule has 2 aromatic rings. The highest BCUT2D eigenvalue weighted by Crippen LogP contribution is 2.24. The number of hydrogen-bond acceptors (Lipinski definition) is 3. The average Bonchev–Trinajstić information content (AvgIpc) is 2.60. The summed E-state index contributed by atoms with van der Waals surface area (Å²) in [5.74, 6) is -0.559. The first kappa shape index (κ1) is 8.77. The lowest BCUT2D eigenvalue weighted by Crippen LogP contribution is -2.27. The Bertz CT molecular complexity index is 476. The summed E-state index contributed by atoms with van der Waals surface area (Å²) in [6.45, 7) is 0. The number of fused-ring (bicyclic) bond motifs is 1. The van der Waals surface area contributed by atoms with Crippen molar-refractivity contribution in [2.24, 2.45) is 11.5 Å². The molecular weight excluding hydrogens is 180 g/mol. The second kappa shape index (κ2) is 3.16. The van der Waals surface area contributed by atoms with Gasteiger partial charge in [0.05, 0.1) is 6.26 Å². The highest BCUT2D eigenvalue weighted by Gasteiger charge is 2.17. The van der Waals surface area contributed by atoms with Gasteiger partial charge in [0.2, 0.25) is 5.91 Å². The summed E-state index contributed by atoms with van der Waals surface area (Å²) >= 11 is 0. The molecule has 1 heterocycles. The number of rotatable bonds is 2. The molecule has 1 aromatic carbocycles. The van der Waals surface area contributed by atoms with Gasteiger partial charge in [-0.2, -0.15) is 0 Å². The minimum atomic E-state index is -0.807. The van der Waals surface area contributed by atoms with Crippen LogP contribution in [-0.2, 0) is 4.79 Å². The van der Waals surface area contributed by atoms with Gasteiger partial charge in [-0.3, -0.25) is 4.79 Å². The lowest BCUT2D eigenvalue weighted by atomic mass is 10.1. The van der Waals surface area contributed by atoms with Gasteiger partial charge in [-0.25, -0.2) is 0 Å². The van der Waals surface area contributed by atoms with E-state index >= 15 is 0 Å². The quantitative estimate of drug-likeness (QED) is 0.738. The van der Waals surface area contributed by atoms with Crippen LogP contribution in [0.3, 0.4) is 0 Å². The van der Waals surface area contributed by atoms with E-state index in [1.54, 1.807) is 0 Å². The van der Waals surface area contributed by atoms with Gasteiger partial charge in [-0.05, 0) is 6.07 Å². The Morgan fingerprint density at radius 2 is 2.07 bits per heavy atom. The van der Waals surface area contributed by atoms with E-state index in [0.29, 0.717) is 11.1 Å². The highest BCUT2D eigenvalue weighted by atomic mass is 16.3. The zero-order valence-electron chi connectivity index (χ0n) is 7.44. The van der Waals surface area contributed by atoms with Gasteiger partial charge in [-0.15, -0.1) is 0 Å². The summed E-state index contributed by atoms with van der Waals surface area (Å²) in [6.07, 6.45) is 1.47. The number of hydrogen-bond donors (Lipinski definition) is 2. The van der Waals surface area contributed by atoms with Crippen LogP contribution >= 0.6 is 0 Å². The molecule has 4 N–H and O–H groups in total. The average molecular weight is 190 g/mol. The SMILES string of the molecule is NC(=O)C(N)c1coc2ccccc12. The molecule has 14 heavy (non-hydrogen) atoms. The summed E-state index contributed by atoms with van der Waals surface area (Å²) in [4.78, 5) is 10.9. The molecule has 0 spiro atoms. The standard InChI is InChI=1S/C10H10N2O2/c11-9(10(12)13)7-5-14-8-4-2-1-3-6(7)8/h1-5,9H,11H2,(H2,12,13). The number of amides is 1. The van der Waals surface area contributed by atoms with Crippen molar-refractivity contribution in [1.29, 1.82) is 0 Å². The minimum absolute atomic E-state index is 0.559. The third-order valence-corrected chi connectivity index (χ3v) is 2.15. The lowest BCUT2D eigenvalue weighted by Gasteiger charge is -2.03. The topological polar surface area (TPSA) is 82.2 Å². The van der Waals surface area contributed by atoms with E-state index in [1.165, 1.54) is 6.26 Å². The predicted octanol–water partition coefficient (Wildman–Crippen LogP) is 0.918. The maximum Gasteiger partial charge on any atom is 0.239 e. The third-order valence-electron chi connectivity index (χ3n) is 2.15. The van der Waals surface area contributed by atoms with Gasteiger partial charge in [-0.1, -0.05) is 18.2 Å². The molecule has 2 rings (SSSR count). The zero-order chi connectivity index (χ0) is 10.1. The third kappa shape index (κ3) is 1.25. The number of carbonyl (C=O) groups is 1. The largest absolute Gasteiger partial charge is 0.464 e. The van der Waals surface area contributed by atoms with E-state index in [4.69, 9.17) is 15.9 Å². The molecule has 1 aromatic heterocycles. The maximum absolute atomic E-state index is 10.9. The van der Waals surface area contributed by atoms with E-state index in [0.717, 1.165) is 5.39 Å². The van der Waals surface area contributed by atoms with Gasteiger partial charge in [0.1, 0.15) is 11.6 Å². The normalized spacial score (nSPS) is 12.9. The molecule has 0 radical (unpaired) electrons. The summed E-state index contributed by atoms with van der Waals surface area (Å²) in [5.41, 5.74) is 12.1. The Labute approximate surface area is 80.5 Å². The molecule has 0 aliphatic rings. The number of nitrogens with two attached hydrogens (primary N) is 2. The second-order valence-electron chi connectivity index (χ2n) is 3.07. The van der Waals surface area contributed by atoms with E-state index in [9.17, 15) is 4.79 Å². The number of benzene rings is 1. The zero-order valence-corrected chi connectivity index (χ0v) is 7.44. The summed E-state index contributed by atoms with van der Waals surface area (Å²) in [5, 5.41) is 0.832. The van der Waals surface area contributed by atoms with Crippen molar-refractivity contribution in [3.05, 3.63) is 36.1 Å². The van der Waals surface area contributed by atoms with Crippen LogP contribution in [0.25, 0.3) is 11.0 Å². The first-order chi connectivity index (χ1) is 6.70. The van der Waals surface area contributed by atoms with Crippen molar-refractivity contribution in [2.45, 2.75) is 6.04 Å². The van der Waals surface area contributed by atoms with Crippen molar-refractivity contribution >= 4 is 16.9 Å². The van der Waals surface area contributed by atoms with Crippen molar-refractivity contribution in [3.8, 4) is 0 Å². The predicted molar refractivity (Wildman–Crippen MR) is 52.3 cm³/mol. The van der Waals surface area contributed by atoms with Crippen molar-refractivity contribution in [1.82, 2.24) is 0 Å². The van der Waals surface area contributed by atoms with Crippen molar-refractivity contribution in [3.63, 3.8) is 0 Å². The number of para-hydroxylation sites is 1. The van der Waals surface area contributed by atoms with Crippen LogP contribution in [0, 0.1) is 0 Å². The molecule has 1 amide bonds. The number of primary amides is 1. The van der Waals surface area contributed by atoms with Crippen LogP contribution in [0.5, 0.6) is 0 Å². The van der Waals surface area contributed by atoms with Crippen LogP contribution in [0.15, 0.2) is 34.9 Å². The monoisotopic (exact) mass is 190 g/mol. The molecule has 0 aliphatic carbocycles. The number of furan rings is 1. The smallest absolute Gasteiger partial charge is 0.239 e. The van der Waals surface area contributed by atoms with Gasteiger partial charge < -0.3 is 15.9 Å². The Kier molecular flexibility index (Phi) is 1.98. The van der Waals surface area contributed by atoms with Crippen LogP contribution < -0.4 is 11.5 Å². The lowest BCUT2D eigenvalue weighted by molar-refractivity contribution is -0.119. The Morgan fingerprint density at radius 1 is 1.36 bits per heavy atom. The minimum Gasteiger partial charge on any atom is -0.464 e. The van der Waals surface area contributed by atoms with E-state index in [1.807, 2.05) is 24.3 Å². The van der Waals surface area contributed by atoms with Crippen LogP contribution in [0.4, 0.5) is 0 Å².